The summed E-state index contributed by atoms with van der Waals surface area (Å²) in [5.74, 6) is 0.0875. The normalized spacial score (nSPS) is 11.5. The molecule has 0 atom stereocenters. The van der Waals surface area contributed by atoms with E-state index in [0.29, 0.717) is 28.8 Å². The number of Topliss-reactive ketones (excluding diaryl/α,β-unsaturated/α-hetero) is 2. The van der Waals surface area contributed by atoms with Crippen LogP contribution in [0, 0.1) is 0 Å². The number of hydrogen-bond acceptors (Lipinski definition) is 6. The third kappa shape index (κ3) is 4.13. The van der Waals surface area contributed by atoms with Gasteiger partial charge in [-0.2, -0.15) is 5.11 Å². The minimum Gasteiger partial charge on any atom is -0.513 e. The number of benzene rings is 2. The van der Waals surface area contributed by atoms with Crippen LogP contribution in [0.3, 0.4) is 0 Å². The van der Waals surface area contributed by atoms with Gasteiger partial charge in [0, 0.05) is 11.1 Å². The second-order valence-electron chi connectivity index (χ2n) is 4.88. The van der Waals surface area contributed by atoms with E-state index in [2.05, 4.69) is 10.2 Å². The Labute approximate surface area is 139 Å². The van der Waals surface area contributed by atoms with Gasteiger partial charge in [-0.3, -0.25) is 9.59 Å². The predicted molar refractivity (Wildman–Crippen MR) is 89.0 cm³/mol. The van der Waals surface area contributed by atoms with Crippen LogP contribution in [0.5, 0.6) is 5.75 Å². The first kappa shape index (κ1) is 17.1. The van der Waals surface area contributed by atoms with Gasteiger partial charge in [-0.1, -0.05) is 24.3 Å². The highest BCUT2D eigenvalue weighted by Crippen LogP contribution is 2.20. The molecule has 0 aromatic heterocycles. The van der Waals surface area contributed by atoms with E-state index in [-0.39, 0.29) is 11.5 Å². The van der Waals surface area contributed by atoms with Crippen molar-refractivity contribution >= 4 is 17.3 Å². The van der Waals surface area contributed by atoms with Crippen molar-refractivity contribution in [2.45, 2.75) is 6.92 Å². The zero-order valence-electron chi connectivity index (χ0n) is 13.3. The summed E-state index contributed by atoms with van der Waals surface area (Å²) in [6, 6.07) is 12.9. The average Bonchev–Trinajstić information content (AvgIpc) is 2.62. The minimum atomic E-state index is -0.495. The maximum absolute atomic E-state index is 12.3. The van der Waals surface area contributed by atoms with E-state index in [9.17, 15) is 14.7 Å². The fourth-order valence-corrected chi connectivity index (χ4v) is 1.89. The molecule has 2 rings (SSSR count). The maximum Gasteiger partial charge on any atom is 0.216 e. The molecule has 24 heavy (non-hydrogen) atoms. The zero-order valence-corrected chi connectivity index (χ0v) is 13.3. The lowest BCUT2D eigenvalue weighted by Gasteiger charge is -2.02. The van der Waals surface area contributed by atoms with Crippen LogP contribution in [0.25, 0.3) is 0 Å². The zero-order chi connectivity index (χ0) is 17.5. The number of azo groups is 1. The van der Waals surface area contributed by atoms with E-state index in [1.807, 2.05) is 0 Å². The highest BCUT2D eigenvalue weighted by atomic mass is 16.5. The molecule has 6 nitrogen and oxygen atoms in total. The molecular weight excluding hydrogens is 308 g/mol. The second kappa shape index (κ2) is 7.82. The van der Waals surface area contributed by atoms with E-state index >= 15 is 0 Å². The van der Waals surface area contributed by atoms with Crippen molar-refractivity contribution in [2.24, 2.45) is 10.2 Å². The number of hydrogen-bond donors (Lipinski definition) is 1. The van der Waals surface area contributed by atoms with Crippen molar-refractivity contribution in [1.29, 1.82) is 0 Å². The lowest BCUT2D eigenvalue weighted by atomic mass is 10.1. The predicted octanol–water partition coefficient (Wildman–Crippen LogP) is 4.26. The first-order valence-electron chi connectivity index (χ1n) is 7.11. The number of rotatable bonds is 6. The van der Waals surface area contributed by atoms with Crippen LogP contribution < -0.4 is 4.74 Å². The Balaban J connectivity index is 2.16. The molecule has 0 bridgehead atoms. The Kier molecular flexibility index (Phi) is 5.57. The number of aliphatic hydroxyl groups is 1. The molecule has 0 aliphatic heterocycles. The largest absolute Gasteiger partial charge is 0.513 e. The van der Waals surface area contributed by atoms with Gasteiger partial charge in [0.1, 0.15) is 12.0 Å². The van der Waals surface area contributed by atoms with Gasteiger partial charge >= 0.3 is 0 Å². The number of ether oxygens (including phenoxy) is 1. The van der Waals surface area contributed by atoms with Crippen LogP contribution in [0.4, 0.5) is 5.69 Å². The number of nitrogens with zero attached hydrogens (tertiary/aromatic N) is 2. The summed E-state index contributed by atoms with van der Waals surface area (Å²) < 4.78 is 5.04. The van der Waals surface area contributed by atoms with Crippen molar-refractivity contribution in [3.63, 3.8) is 0 Å². The number of allylic oxidation sites excluding steroid dienone is 1. The molecule has 0 spiro atoms. The highest BCUT2D eigenvalue weighted by Gasteiger charge is 2.13. The fraction of sp³-hybridized carbons (Fsp3) is 0.111. The van der Waals surface area contributed by atoms with E-state index in [1.54, 1.807) is 43.5 Å². The molecule has 0 saturated carbocycles. The number of aliphatic hydroxyl groups excluding tert-OH is 1. The Bertz CT molecular complexity index is 791. The Hall–Kier alpha value is -3.28. The molecule has 0 saturated heterocycles. The van der Waals surface area contributed by atoms with Gasteiger partial charge < -0.3 is 9.84 Å². The van der Waals surface area contributed by atoms with Gasteiger partial charge in [0.15, 0.2) is 11.5 Å². The summed E-state index contributed by atoms with van der Waals surface area (Å²) in [6.07, 6.45) is 0.605. The topological polar surface area (TPSA) is 88.3 Å². The first-order valence-corrected chi connectivity index (χ1v) is 7.11. The fourth-order valence-electron chi connectivity index (χ4n) is 1.89. The molecule has 0 aliphatic carbocycles. The smallest absolute Gasteiger partial charge is 0.216 e. The van der Waals surface area contributed by atoms with Crippen molar-refractivity contribution in [3.8, 4) is 5.75 Å². The van der Waals surface area contributed by atoms with E-state index in [0.717, 1.165) is 0 Å². The standard InChI is InChI=1S/C18H16N2O4/c1-12(22)13-3-5-14(6-4-13)18(23)17(11-21)20-19-15-7-9-16(24-2)10-8-15/h3-11,21H,1-2H3/b17-11-,20-19?. The summed E-state index contributed by atoms with van der Waals surface area (Å²) in [7, 11) is 1.55. The number of carbonyl (C=O) groups excluding carboxylic acids is 2. The molecule has 0 amide bonds. The minimum absolute atomic E-state index is 0.0916. The van der Waals surface area contributed by atoms with E-state index < -0.39 is 5.78 Å². The van der Waals surface area contributed by atoms with Crippen molar-refractivity contribution in [1.82, 2.24) is 0 Å². The Morgan fingerprint density at radius 3 is 2.08 bits per heavy atom. The SMILES string of the molecule is COc1ccc(N=N/C(=C\O)C(=O)c2ccc(C(C)=O)cc2)cc1. The maximum atomic E-state index is 12.3. The van der Waals surface area contributed by atoms with E-state index in [1.165, 1.54) is 19.1 Å². The molecule has 2 aromatic carbocycles. The monoisotopic (exact) mass is 324 g/mol. The molecule has 0 fully saturated rings. The molecule has 0 radical (unpaired) electrons. The lowest BCUT2D eigenvalue weighted by Crippen LogP contribution is -2.02. The van der Waals surface area contributed by atoms with Crippen LogP contribution in [-0.2, 0) is 0 Å². The second-order valence-corrected chi connectivity index (χ2v) is 4.88. The molecular formula is C18H16N2O4. The van der Waals surface area contributed by atoms with Crippen molar-refractivity contribution < 1.29 is 19.4 Å². The first-order chi connectivity index (χ1) is 11.5. The van der Waals surface area contributed by atoms with Gasteiger partial charge in [-0.05, 0) is 31.2 Å². The molecule has 122 valence electrons. The third-order valence-corrected chi connectivity index (χ3v) is 3.25. The van der Waals surface area contributed by atoms with Crippen LogP contribution in [-0.4, -0.2) is 23.8 Å². The number of methoxy groups -OCH3 is 1. The summed E-state index contributed by atoms with van der Waals surface area (Å²) in [5, 5.41) is 16.9. The van der Waals surface area contributed by atoms with Crippen LogP contribution in [0.1, 0.15) is 27.6 Å². The third-order valence-electron chi connectivity index (χ3n) is 3.25. The van der Waals surface area contributed by atoms with Gasteiger partial charge in [-0.25, -0.2) is 0 Å². The summed E-state index contributed by atoms with van der Waals surface area (Å²) in [6.45, 7) is 1.44. The summed E-state index contributed by atoms with van der Waals surface area (Å²) in [5.41, 5.74) is 1.10. The van der Waals surface area contributed by atoms with Gasteiger partial charge in [0.2, 0.25) is 5.78 Å². The summed E-state index contributed by atoms with van der Waals surface area (Å²) >= 11 is 0. The molecule has 0 aliphatic rings. The molecule has 2 aromatic rings. The molecule has 1 N–H and O–H groups in total. The van der Waals surface area contributed by atoms with Crippen molar-refractivity contribution in [3.05, 3.63) is 71.6 Å². The van der Waals surface area contributed by atoms with Gasteiger partial charge in [0.25, 0.3) is 0 Å². The van der Waals surface area contributed by atoms with Crippen molar-refractivity contribution in [2.75, 3.05) is 7.11 Å². The molecule has 0 unspecified atom stereocenters. The van der Waals surface area contributed by atoms with E-state index in [4.69, 9.17) is 4.74 Å². The van der Waals surface area contributed by atoms with Gasteiger partial charge in [-0.15, -0.1) is 5.11 Å². The van der Waals surface area contributed by atoms with Crippen LogP contribution in [0.15, 0.2) is 70.7 Å². The number of carbonyl (C=O) groups is 2. The average molecular weight is 324 g/mol. The summed E-state index contributed by atoms with van der Waals surface area (Å²) in [4.78, 5) is 23.5. The van der Waals surface area contributed by atoms with Crippen LogP contribution in [0.2, 0.25) is 0 Å². The molecule has 6 heteroatoms. The Morgan fingerprint density at radius 2 is 1.58 bits per heavy atom. The highest BCUT2D eigenvalue weighted by molar-refractivity contribution is 6.08. The Morgan fingerprint density at radius 1 is 1.00 bits per heavy atom. The molecule has 0 heterocycles. The number of ketones is 2. The lowest BCUT2D eigenvalue weighted by molar-refractivity contribution is 0.101. The quantitative estimate of drug-likeness (QED) is 0.372. The van der Waals surface area contributed by atoms with Crippen LogP contribution >= 0.6 is 0 Å². The van der Waals surface area contributed by atoms with Gasteiger partial charge in [0.05, 0.1) is 12.8 Å².